The minimum Gasteiger partial charge on any atom is -0.354 e. The van der Waals surface area contributed by atoms with E-state index in [4.69, 9.17) is 11.6 Å². The number of amides is 2. The van der Waals surface area contributed by atoms with Gasteiger partial charge in [0.2, 0.25) is 11.8 Å². The average Bonchev–Trinajstić information content (AvgIpc) is 2.39. The van der Waals surface area contributed by atoms with Gasteiger partial charge in [0, 0.05) is 37.5 Å². The maximum atomic E-state index is 11.6. The molecular formula is C15H21ClN2O2. The SMILES string of the molecule is CC(=O)N(CCNC(=O)C(C)C)Cc1ccccc1Cl. The summed E-state index contributed by atoms with van der Waals surface area (Å²) in [5, 5.41) is 3.45. The number of carbonyl (C=O) groups is 2. The highest BCUT2D eigenvalue weighted by Crippen LogP contribution is 2.16. The van der Waals surface area contributed by atoms with Crippen LogP contribution in [0, 0.1) is 5.92 Å². The Bertz CT molecular complexity index is 475. The molecule has 20 heavy (non-hydrogen) atoms. The molecule has 0 saturated heterocycles. The van der Waals surface area contributed by atoms with Crippen LogP contribution in [0.2, 0.25) is 5.02 Å². The Morgan fingerprint density at radius 1 is 1.30 bits per heavy atom. The largest absolute Gasteiger partial charge is 0.354 e. The molecule has 1 rings (SSSR count). The molecule has 1 N–H and O–H groups in total. The molecule has 4 nitrogen and oxygen atoms in total. The highest BCUT2D eigenvalue weighted by Gasteiger charge is 2.12. The second-order valence-electron chi connectivity index (χ2n) is 4.98. The van der Waals surface area contributed by atoms with E-state index in [0.717, 1.165) is 5.56 Å². The van der Waals surface area contributed by atoms with E-state index in [0.29, 0.717) is 24.7 Å². The first-order chi connectivity index (χ1) is 9.41. The van der Waals surface area contributed by atoms with Gasteiger partial charge in [0.25, 0.3) is 0 Å². The predicted octanol–water partition coefficient (Wildman–Crippen LogP) is 2.46. The fraction of sp³-hybridized carbons (Fsp3) is 0.467. The molecule has 110 valence electrons. The van der Waals surface area contributed by atoms with Crippen molar-refractivity contribution in [3.8, 4) is 0 Å². The van der Waals surface area contributed by atoms with Crippen LogP contribution in [0.4, 0.5) is 0 Å². The zero-order valence-electron chi connectivity index (χ0n) is 12.1. The van der Waals surface area contributed by atoms with Gasteiger partial charge in [0.05, 0.1) is 0 Å². The van der Waals surface area contributed by atoms with Crippen molar-refractivity contribution < 1.29 is 9.59 Å². The molecule has 0 fully saturated rings. The second kappa shape index (κ2) is 7.90. The monoisotopic (exact) mass is 296 g/mol. The molecule has 0 radical (unpaired) electrons. The highest BCUT2D eigenvalue weighted by atomic mass is 35.5. The number of rotatable bonds is 6. The molecule has 5 heteroatoms. The summed E-state index contributed by atoms with van der Waals surface area (Å²) in [5.74, 6) is -0.0979. The lowest BCUT2D eigenvalue weighted by Gasteiger charge is -2.22. The number of hydrogen-bond acceptors (Lipinski definition) is 2. The Morgan fingerprint density at radius 3 is 2.50 bits per heavy atom. The van der Waals surface area contributed by atoms with Crippen LogP contribution in [0.1, 0.15) is 26.3 Å². The summed E-state index contributed by atoms with van der Waals surface area (Å²) in [6, 6.07) is 7.44. The standard InChI is InChI=1S/C15H21ClN2O2/c1-11(2)15(20)17-8-9-18(12(3)19)10-13-6-4-5-7-14(13)16/h4-7,11H,8-10H2,1-3H3,(H,17,20). The van der Waals surface area contributed by atoms with Crippen LogP contribution >= 0.6 is 11.6 Å². The molecular weight excluding hydrogens is 276 g/mol. The lowest BCUT2D eigenvalue weighted by molar-refractivity contribution is -0.130. The number of halogens is 1. The lowest BCUT2D eigenvalue weighted by atomic mass is 10.2. The smallest absolute Gasteiger partial charge is 0.222 e. The third-order valence-electron chi connectivity index (χ3n) is 2.97. The number of carbonyl (C=O) groups excluding carboxylic acids is 2. The topological polar surface area (TPSA) is 49.4 Å². The highest BCUT2D eigenvalue weighted by molar-refractivity contribution is 6.31. The quantitative estimate of drug-likeness (QED) is 0.876. The van der Waals surface area contributed by atoms with Crippen molar-refractivity contribution in [3.05, 3.63) is 34.9 Å². The van der Waals surface area contributed by atoms with Crippen LogP contribution in [-0.4, -0.2) is 29.8 Å². The van der Waals surface area contributed by atoms with Crippen molar-refractivity contribution in [2.75, 3.05) is 13.1 Å². The molecule has 0 aliphatic heterocycles. The lowest BCUT2D eigenvalue weighted by Crippen LogP contribution is -2.38. The molecule has 0 aliphatic carbocycles. The molecule has 0 aliphatic rings. The Labute approximate surface area is 125 Å². The van der Waals surface area contributed by atoms with Gasteiger partial charge in [0.1, 0.15) is 0 Å². The Hall–Kier alpha value is -1.55. The van der Waals surface area contributed by atoms with Crippen LogP contribution < -0.4 is 5.32 Å². The van der Waals surface area contributed by atoms with E-state index in [1.807, 2.05) is 32.0 Å². The predicted molar refractivity (Wildman–Crippen MR) is 80.4 cm³/mol. The normalized spacial score (nSPS) is 10.4. The van der Waals surface area contributed by atoms with Crippen molar-refractivity contribution in [2.45, 2.75) is 27.3 Å². The second-order valence-corrected chi connectivity index (χ2v) is 5.38. The zero-order valence-corrected chi connectivity index (χ0v) is 12.9. The minimum atomic E-state index is -0.0515. The van der Waals surface area contributed by atoms with Crippen LogP contribution in [-0.2, 0) is 16.1 Å². The summed E-state index contributed by atoms with van der Waals surface area (Å²) in [5.41, 5.74) is 0.902. The first-order valence-electron chi connectivity index (χ1n) is 6.68. The van der Waals surface area contributed by atoms with E-state index in [1.54, 1.807) is 11.0 Å². The zero-order chi connectivity index (χ0) is 15.1. The summed E-state index contributed by atoms with van der Waals surface area (Å²) in [4.78, 5) is 24.8. The number of benzene rings is 1. The molecule has 0 aromatic heterocycles. The summed E-state index contributed by atoms with van der Waals surface area (Å²) in [6.07, 6.45) is 0. The van der Waals surface area contributed by atoms with Gasteiger partial charge in [-0.25, -0.2) is 0 Å². The van der Waals surface area contributed by atoms with E-state index >= 15 is 0 Å². The molecule has 0 spiro atoms. The van der Waals surface area contributed by atoms with Crippen molar-refractivity contribution in [2.24, 2.45) is 5.92 Å². The Morgan fingerprint density at radius 2 is 1.95 bits per heavy atom. The average molecular weight is 297 g/mol. The molecule has 1 aromatic rings. The number of hydrogen-bond donors (Lipinski definition) is 1. The third kappa shape index (κ3) is 5.21. The van der Waals surface area contributed by atoms with Crippen LogP contribution in [0.5, 0.6) is 0 Å². The van der Waals surface area contributed by atoms with Crippen molar-refractivity contribution >= 4 is 23.4 Å². The van der Waals surface area contributed by atoms with Gasteiger partial charge >= 0.3 is 0 Å². The van der Waals surface area contributed by atoms with E-state index in [-0.39, 0.29) is 17.7 Å². The van der Waals surface area contributed by atoms with E-state index in [1.165, 1.54) is 6.92 Å². The van der Waals surface area contributed by atoms with Crippen LogP contribution in [0.3, 0.4) is 0 Å². The molecule has 0 unspecified atom stereocenters. The summed E-state index contributed by atoms with van der Waals surface area (Å²) >= 11 is 6.09. The van der Waals surface area contributed by atoms with Crippen molar-refractivity contribution in [3.63, 3.8) is 0 Å². The van der Waals surface area contributed by atoms with E-state index in [2.05, 4.69) is 5.32 Å². The fourth-order valence-corrected chi connectivity index (χ4v) is 1.89. The van der Waals surface area contributed by atoms with E-state index in [9.17, 15) is 9.59 Å². The molecule has 0 bridgehead atoms. The van der Waals surface area contributed by atoms with Crippen LogP contribution in [0.25, 0.3) is 0 Å². The van der Waals surface area contributed by atoms with Crippen molar-refractivity contribution in [1.82, 2.24) is 10.2 Å². The van der Waals surface area contributed by atoms with Gasteiger partial charge in [-0.2, -0.15) is 0 Å². The first kappa shape index (κ1) is 16.5. The summed E-state index contributed by atoms with van der Waals surface area (Å²) < 4.78 is 0. The van der Waals surface area contributed by atoms with Gasteiger partial charge < -0.3 is 10.2 Å². The maximum Gasteiger partial charge on any atom is 0.222 e. The molecule has 2 amide bonds. The third-order valence-corrected chi connectivity index (χ3v) is 3.34. The summed E-state index contributed by atoms with van der Waals surface area (Å²) in [7, 11) is 0. The molecule has 0 atom stereocenters. The molecule has 1 aromatic carbocycles. The summed E-state index contributed by atoms with van der Waals surface area (Å²) in [6.45, 7) is 6.55. The number of nitrogens with zero attached hydrogens (tertiary/aromatic N) is 1. The van der Waals surface area contributed by atoms with Gasteiger partial charge in [0.15, 0.2) is 0 Å². The van der Waals surface area contributed by atoms with Crippen LogP contribution in [0.15, 0.2) is 24.3 Å². The molecule has 0 saturated carbocycles. The van der Waals surface area contributed by atoms with Crippen molar-refractivity contribution in [1.29, 1.82) is 0 Å². The van der Waals surface area contributed by atoms with Gasteiger partial charge in [-0.05, 0) is 11.6 Å². The Kier molecular flexibility index (Phi) is 6.52. The van der Waals surface area contributed by atoms with E-state index < -0.39 is 0 Å². The number of nitrogens with one attached hydrogen (secondary N) is 1. The Balaban J connectivity index is 2.56. The van der Waals surface area contributed by atoms with Gasteiger partial charge in [-0.15, -0.1) is 0 Å². The fourth-order valence-electron chi connectivity index (χ4n) is 1.70. The maximum absolute atomic E-state index is 11.6. The van der Waals surface area contributed by atoms with Gasteiger partial charge in [-0.3, -0.25) is 9.59 Å². The first-order valence-corrected chi connectivity index (χ1v) is 7.06. The van der Waals surface area contributed by atoms with Gasteiger partial charge in [-0.1, -0.05) is 43.6 Å². The minimum absolute atomic E-state index is 0.00811. The molecule has 0 heterocycles.